The molecule has 0 aromatic rings. The Hall–Kier alpha value is -1.04. The highest BCUT2D eigenvalue weighted by Crippen LogP contribution is 2.48. The van der Waals surface area contributed by atoms with Gasteiger partial charge in [-0.2, -0.15) is 5.26 Å². The molecule has 0 aliphatic heterocycles. The summed E-state index contributed by atoms with van der Waals surface area (Å²) < 4.78 is 0. The maximum atomic E-state index is 12.4. The third kappa shape index (κ3) is 2.46. The van der Waals surface area contributed by atoms with E-state index < -0.39 is 0 Å². The lowest BCUT2D eigenvalue weighted by Crippen LogP contribution is -2.40. The number of hydrogen-bond donors (Lipinski definition) is 0. The molecule has 17 heavy (non-hydrogen) atoms. The average molecular weight is 234 g/mol. The summed E-state index contributed by atoms with van der Waals surface area (Å²) in [5.74, 6) is 1.96. The van der Waals surface area contributed by atoms with Crippen molar-refractivity contribution in [3.63, 3.8) is 0 Å². The number of carbonyl (C=O) groups is 1. The number of nitriles is 1. The quantitative estimate of drug-likeness (QED) is 0.750. The SMILES string of the molecule is CCN(CC(C)C#N)C(=O)C1CC2CCC1C2. The lowest BCUT2D eigenvalue weighted by Gasteiger charge is -2.29. The van der Waals surface area contributed by atoms with Crippen molar-refractivity contribution >= 4 is 5.91 Å². The molecule has 4 unspecified atom stereocenters. The summed E-state index contributed by atoms with van der Waals surface area (Å²) in [6, 6.07) is 2.22. The summed E-state index contributed by atoms with van der Waals surface area (Å²) in [7, 11) is 0. The lowest BCUT2D eigenvalue weighted by molar-refractivity contribution is -0.137. The monoisotopic (exact) mass is 234 g/mol. The van der Waals surface area contributed by atoms with Gasteiger partial charge in [-0.15, -0.1) is 0 Å². The average Bonchev–Trinajstić information content (AvgIpc) is 2.96. The van der Waals surface area contributed by atoms with Crippen molar-refractivity contribution in [3.05, 3.63) is 0 Å². The van der Waals surface area contributed by atoms with E-state index in [1.54, 1.807) is 0 Å². The predicted molar refractivity (Wildman–Crippen MR) is 66.0 cm³/mol. The lowest BCUT2D eigenvalue weighted by atomic mass is 9.87. The number of amides is 1. The van der Waals surface area contributed by atoms with Crippen LogP contribution >= 0.6 is 0 Å². The summed E-state index contributed by atoms with van der Waals surface area (Å²) in [5, 5.41) is 8.84. The first-order valence-electron chi connectivity index (χ1n) is 6.84. The van der Waals surface area contributed by atoms with Gasteiger partial charge in [0.2, 0.25) is 5.91 Å². The number of rotatable bonds is 4. The normalized spacial score (nSPS) is 32.2. The topological polar surface area (TPSA) is 44.1 Å². The van der Waals surface area contributed by atoms with Crippen LogP contribution in [0.15, 0.2) is 0 Å². The molecule has 0 spiro atoms. The highest BCUT2D eigenvalue weighted by atomic mass is 16.2. The van der Waals surface area contributed by atoms with Gasteiger partial charge in [-0.25, -0.2) is 0 Å². The molecular weight excluding hydrogens is 212 g/mol. The second-order valence-electron chi connectivity index (χ2n) is 5.69. The van der Waals surface area contributed by atoms with E-state index in [4.69, 9.17) is 5.26 Å². The van der Waals surface area contributed by atoms with E-state index >= 15 is 0 Å². The van der Waals surface area contributed by atoms with Crippen LogP contribution in [0.3, 0.4) is 0 Å². The Morgan fingerprint density at radius 3 is 2.71 bits per heavy atom. The second-order valence-corrected chi connectivity index (χ2v) is 5.69. The van der Waals surface area contributed by atoms with E-state index in [0.29, 0.717) is 18.4 Å². The Kier molecular flexibility index (Phi) is 3.71. The van der Waals surface area contributed by atoms with E-state index in [-0.39, 0.29) is 11.8 Å². The highest BCUT2D eigenvalue weighted by Gasteiger charge is 2.44. The number of carbonyl (C=O) groups excluding carboxylic acids is 1. The third-order valence-corrected chi connectivity index (χ3v) is 4.46. The third-order valence-electron chi connectivity index (χ3n) is 4.46. The Bertz CT molecular complexity index is 334. The van der Waals surface area contributed by atoms with Crippen molar-refractivity contribution in [2.24, 2.45) is 23.7 Å². The standard InChI is InChI=1S/C14H22N2O/c1-3-16(9-10(2)8-15)14(17)13-7-11-4-5-12(13)6-11/h10-13H,3-7,9H2,1-2H3. The van der Waals surface area contributed by atoms with Gasteiger partial charge in [0, 0.05) is 19.0 Å². The van der Waals surface area contributed by atoms with Crippen LogP contribution in [0.1, 0.15) is 39.5 Å². The molecule has 0 N–H and O–H groups in total. The van der Waals surface area contributed by atoms with Crippen LogP contribution < -0.4 is 0 Å². The molecule has 0 aromatic heterocycles. The first kappa shape index (κ1) is 12.4. The Morgan fingerprint density at radius 1 is 1.47 bits per heavy atom. The molecule has 0 heterocycles. The van der Waals surface area contributed by atoms with Gasteiger partial charge < -0.3 is 4.90 Å². The molecule has 0 radical (unpaired) electrons. The molecule has 3 heteroatoms. The predicted octanol–water partition coefficient (Wildman–Crippen LogP) is 2.43. The smallest absolute Gasteiger partial charge is 0.226 e. The van der Waals surface area contributed by atoms with Gasteiger partial charge >= 0.3 is 0 Å². The second kappa shape index (κ2) is 5.08. The van der Waals surface area contributed by atoms with E-state index in [0.717, 1.165) is 18.9 Å². The van der Waals surface area contributed by atoms with Crippen LogP contribution in [0.5, 0.6) is 0 Å². The maximum Gasteiger partial charge on any atom is 0.226 e. The van der Waals surface area contributed by atoms with E-state index in [2.05, 4.69) is 6.07 Å². The maximum absolute atomic E-state index is 12.4. The van der Waals surface area contributed by atoms with Crippen LogP contribution in [0, 0.1) is 35.0 Å². The number of fused-ring (bicyclic) bond motifs is 2. The van der Waals surface area contributed by atoms with Gasteiger partial charge in [0.05, 0.1) is 12.0 Å². The van der Waals surface area contributed by atoms with Gasteiger partial charge in [-0.05, 0) is 44.9 Å². The molecule has 3 nitrogen and oxygen atoms in total. The van der Waals surface area contributed by atoms with Crippen LogP contribution in [0.25, 0.3) is 0 Å². The minimum Gasteiger partial charge on any atom is -0.341 e. The fourth-order valence-electron chi connectivity index (χ4n) is 3.53. The molecule has 2 rings (SSSR count). The van der Waals surface area contributed by atoms with E-state index in [1.165, 1.54) is 19.3 Å². The van der Waals surface area contributed by atoms with Crippen LogP contribution in [-0.2, 0) is 4.79 Å². The zero-order valence-corrected chi connectivity index (χ0v) is 10.9. The Morgan fingerprint density at radius 2 is 2.24 bits per heavy atom. The minimum atomic E-state index is -0.0579. The van der Waals surface area contributed by atoms with Gasteiger partial charge in [0.1, 0.15) is 0 Å². The van der Waals surface area contributed by atoms with Gasteiger partial charge in [0.15, 0.2) is 0 Å². The zero-order valence-electron chi connectivity index (χ0n) is 10.9. The molecule has 4 atom stereocenters. The molecule has 2 fully saturated rings. The van der Waals surface area contributed by atoms with Crippen LogP contribution in [0.2, 0.25) is 0 Å². The molecule has 0 saturated heterocycles. The number of nitrogens with zero attached hydrogens (tertiary/aromatic N) is 2. The first-order valence-corrected chi connectivity index (χ1v) is 6.84. The van der Waals surface area contributed by atoms with Gasteiger partial charge in [-0.3, -0.25) is 4.79 Å². The van der Waals surface area contributed by atoms with Crippen molar-refractivity contribution in [1.29, 1.82) is 5.26 Å². The molecule has 1 amide bonds. The van der Waals surface area contributed by atoms with Crippen molar-refractivity contribution in [3.8, 4) is 6.07 Å². The largest absolute Gasteiger partial charge is 0.341 e. The summed E-state index contributed by atoms with van der Waals surface area (Å²) in [6.07, 6.45) is 4.93. The Labute approximate surface area is 104 Å². The van der Waals surface area contributed by atoms with Crippen LogP contribution in [-0.4, -0.2) is 23.9 Å². The molecule has 2 aliphatic rings. The molecule has 2 saturated carbocycles. The van der Waals surface area contributed by atoms with E-state index in [1.807, 2.05) is 18.7 Å². The van der Waals surface area contributed by atoms with Crippen molar-refractivity contribution < 1.29 is 4.79 Å². The molecule has 0 aromatic carbocycles. The fraction of sp³-hybridized carbons (Fsp3) is 0.857. The Balaban J connectivity index is 1.96. The molecule has 94 valence electrons. The van der Waals surface area contributed by atoms with Crippen molar-refractivity contribution in [2.75, 3.05) is 13.1 Å². The number of hydrogen-bond acceptors (Lipinski definition) is 2. The zero-order chi connectivity index (χ0) is 12.4. The summed E-state index contributed by atoms with van der Waals surface area (Å²) in [5.41, 5.74) is 0. The summed E-state index contributed by atoms with van der Waals surface area (Å²) in [4.78, 5) is 14.3. The van der Waals surface area contributed by atoms with E-state index in [9.17, 15) is 4.79 Å². The van der Waals surface area contributed by atoms with Gasteiger partial charge in [-0.1, -0.05) is 6.42 Å². The highest BCUT2D eigenvalue weighted by molar-refractivity contribution is 5.79. The first-order chi connectivity index (χ1) is 8.15. The minimum absolute atomic E-state index is 0.0579. The molecule has 2 aliphatic carbocycles. The van der Waals surface area contributed by atoms with Gasteiger partial charge in [0.25, 0.3) is 0 Å². The van der Waals surface area contributed by atoms with Crippen molar-refractivity contribution in [1.82, 2.24) is 4.90 Å². The van der Waals surface area contributed by atoms with Crippen LogP contribution in [0.4, 0.5) is 0 Å². The fourth-order valence-corrected chi connectivity index (χ4v) is 3.53. The summed E-state index contributed by atoms with van der Waals surface area (Å²) in [6.45, 7) is 5.23. The molecule has 2 bridgehead atoms. The van der Waals surface area contributed by atoms with Crippen molar-refractivity contribution in [2.45, 2.75) is 39.5 Å². The summed E-state index contributed by atoms with van der Waals surface area (Å²) >= 11 is 0. The molecular formula is C14H22N2O.